The van der Waals surface area contributed by atoms with Crippen molar-refractivity contribution in [1.82, 2.24) is 9.97 Å². The molecule has 0 aliphatic heterocycles. The van der Waals surface area contributed by atoms with E-state index < -0.39 is 0 Å². The molecule has 0 atom stereocenters. The van der Waals surface area contributed by atoms with Gasteiger partial charge in [0, 0.05) is 11.6 Å². The average molecular weight is 250 g/mol. The summed E-state index contributed by atoms with van der Waals surface area (Å²) in [5, 5.41) is 3.82. The van der Waals surface area contributed by atoms with Gasteiger partial charge in [-0.3, -0.25) is 0 Å². The van der Waals surface area contributed by atoms with Gasteiger partial charge < -0.3 is 16.8 Å². The summed E-state index contributed by atoms with van der Waals surface area (Å²) in [6, 6.07) is 7.56. The molecular weight excluding hydrogens is 238 g/mol. The minimum atomic E-state index is 0.163. The first-order chi connectivity index (χ1) is 8.15. The van der Waals surface area contributed by atoms with Crippen molar-refractivity contribution in [3.63, 3.8) is 0 Å². The first-order valence-electron chi connectivity index (χ1n) is 5.01. The van der Waals surface area contributed by atoms with E-state index in [9.17, 15) is 0 Å². The van der Waals surface area contributed by atoms with Gasteiger partial charge in [-0.25, -0.2) is 4.98 Å². The molecule has 0 saturated carbocycles. The fourth-order valence-corrected chi connectivity index (χ4v) is 1.60. The van der Waals surface area contributed by atoms with Crippen LogP contribution >= 0.6 is 11.6 Å². The summed E-state index contributed by atoms with van der Waals surface area (Å²) in [5.74, 6) is 0.496. The molecule has 0 unspecified atom stereocenters. The molecule has 0 radical (unpaired) electrons. The summed E-state index contributed by atoms with van der Waals surface area (Å²) in [5.41, 5.74) is 12.8. The highest BCUT2D eigenvalue weighted by Gasteiger charge is 2.02. The van der Waals surface area contributed by atoms with Crippen molar-refractivity contribution in [2.75, 3.05) is 16.8 Å². The highest BCUT2D eigenvalue weighted by atomic mass is 35.5. The molecule has 5 nitrogen and oxygen atoms in total. The van der Waals surface area contributed by atoms with Crippen molar-refractivity contribution in [3.8, 4) is 0 Å². The summed E-state index contributed by atoms with van der Waals surface area (Å²) < 4.78 is 0. The maximum absolute atomic E-state index is 5.88. The highest BCUT2D eigenvalue weighted by Crippen LogP contribution is 2.17. The molecule has 0 spiro atoms. The van der Waals surface area contributed by atoms with Gasteiger partial charge in [0.15, 0.2) is 5.82 Å². The molecule has 2 aromatic rings. The number of nitrogens with zero attached hydrogens (tertiary/aromatic N) is 2. The molecule has 0 fully saturated rings. The van der Waals surface area contributed by atoms with Gasteiger partial charge >= 0.3 is 0 Å². The highest BCUT2D eigenvalue weighted by molar-refractivity contribution is 6.30. The van der Waals surface area contributed by atoms with Crippen LogP contribution in [0.5, 0.6) is 0 Å². The number of halogens is 1. The van der Waals surface area contributed by atoms with Crippen molar-refractivity contribution in [2.24, 2.45) is 0 Å². The van der Waals surface area contributed by atoms with Crippen LogP contribution in [0.4, 0.5) is 17.5 Å². The second-order valence-electron chi connectivity index (χ2n) is 3.51. The van der Waals surface area contributed by atoms with Gasteiger partial charge in [0.1, 0.15) is 0 Å². The van der Waals surface area contributed by atoms with Gasteiger partial charge in [-0.05, 0) is 17.7 Å². The SMILES string of the molecule is Nc1ncc(NCc2cccc(Cl)c2)c(N)n1. The summed E-state index contributed by atoms with van der Waals surface area (Å²) in [4.78, 5) is 7.73. The molecule has 0 amide bonds. The Bertz CT molecular complexity index is 529. The molecule has 1 aromatic carbocycles. The molecule has 5 N–H and O–H groups in total. The molecular formula is C11H12ClN5. The smallest absolute Gasteiger partial charge is 0.222 e. The monoisotopic (exact) mass is 249 g/mol. The number of hydrogen-bond donors (Lipinski definition) is 3. The molecule has 6 heteroatoms. The lowest BCUT2D eigenvalue weighted by Crippen LogP contribution is -2.06. The van der Waals surface area contributed by atoms with Gasteiger partial charge in [-0.15, -0.1) is 0 Å². The van der Waals surface area contributed by atoms with E-state index in [1.54, 1.807) is 6.20 Å². The van der Waals surface area contributed by atoms with Crippen molar-refractivity contribution >= 4 is 29.1 Å². The molecule has 0 aliphatic carbocycles. The van der Waals surface area contributed by atoms with E-state index in [0.717, 1.165) is 5.56 Å². The summed E-state index contributed by atoms with van der Waals surface area (Å²) in [6.45, 7) is 0.595. The maximum Gasteiger partial charge on any atom is 0.222 e. The zero-order valence-corrected chi connectivity index (χ0v) is 9.78. The predicted octanol–water partition coefficient (Wildman–Crippen LogP) is 1.91. The zero-order valence-electron chi connectivity index (χ0n) is 9.02. The largest absolute Gasteiger partial charge is 0.382 e. The van der Waals surface area contributed by atoms with E-state index in [2.05, 4.69) is 15.3 Å². The number of rotatable bonds is 3. The van der Waals surface area contributed by atoms with Gasteiger partial charge in [0.2, 0.25) is 5.95 Å². The topological polar surface area (TPSA) is 89.8 Å². The maximum atomic E-state index is 5.88. The van der Waals surface area contributed by atoms with Crippen molar-refractivity contribution in [3.05, 3.63) is 41.0 Å². The Labute approximate surface area is 104 Å². The normalized spacial score (nSPS) is 10.2. The standard InChI is InChI=1S/C11H12ClN5/c12-8-3-1-2-7(4-8)5-15-9-6-16-11(14)17-10(9)13/h1-4,6,15H,5H2,(H4,13,14,16,17). The summed E-state index contributed by atoms with van der Waals surface area (Å²) in [7, 11) is 0. The average Bonchev–Trinajstić information content (AvgIpc) is 2.28. The molecule has 0 aliphatic rings. The first kappa shape index (κ1) is 11.5. The number of nitrogens with one attached hydrogen (secondary N) is 1. The fourth-order valence-electron chi connectivity index (χ4n) is 1.39. The molecule has 88 valence electrons. The Morgan fingerprint density at radius 2 is 2.12 bits per heavy atom. The molecule has 1 aromatic heterocycles. The second-order valence-corrected chi connectivity index (χ2v) is 3.95. The number of nitrogens with two attached hydrogens (primary N) is 2. The van der Waals surface area contributed by atoms with E-state index in [1.807, 2.05) is 24.3 Å². The number of anilines is 3. The summed E-state index contributed by atoms with van der Waals surface area (Å²) in [6.07, 6.45) is 1.56. The molecule has 1 heterocycles. The third-order valence-corrected chi connectivity index (χ3v) is 2.44. The predicted molar refractivity (Wildman–Crippen MR) is 69.6 cm³/mol. The fraction of sp³-hybridized carbons (Fsp3) is 0.0909. The van der Waals surface area contributed by atoms with Crippen molar-refractivity contribution in [1.29, 1.82) is 0 Å². The van der Waals surface area contributed by atoms with Gasteiger partial charge in [0.25, 0.3) is 0 Å². The number of hydrogen-bond acceptors (Lipinski definition) is 5. The van der Waals surface area contributed by atoms with Crippen molar-refractivity contribution < 1.29 is 0 Å². The van der Waals surface area contributed by atoms with Crippen LogP contribution in [-0.4, -0.2) is 9.97 Å². The second kappa shape index (κ2) is 4.88. The van der Waals surface area contributed by atoms with E-state index in [-0.39, 0.29) is 5.95 Å². The van der Waals surface area contributed by atoms with Gasteiger partial charge in [0.05, 0.1) is 11.9 Å². The van der Waals surface area contributed by atoms with Crippen LogP contribution in [0.25, 0.3) is 0 Å². The van der Waals surface area contributed by atoms with Crippen LogP contribution in [0.1, 0.15) is 5.56 Å². The molecule has 0 saturated heterocycles. The Morgan fingerprint density at radius 1 is 1.29 bits per heavy atom. The minimum absolute atomic E-state index is 0.163. The van der Waals surface area contributed by atoms with E-state index >= 15 is 0 Å². The van der Waals surface area contributed by atoms with Crippen LogP contribution < -0.4 is 16.8 Å². The van der Waals surface area contributed by atoms with Crippen LogP contribution in [0, 0.1) is 0 Å². The number of nitrogen functional groups attached to an aromatic ring is 2. The molecule has 0 bridgehead atoms. The Morgan fingerprint density at radius 3 is 2.82 bits per heavy atom. The zero-order chi connectivity index (χ0) is 12.3. The van der Waals surface area contributed by atoms with Gasteiger partial charge in [-0.1, -0.05) is 23.7 Å². The van der Waals surface area contributed by atoms with Crippen LogP contribution in [0.2, 0.25) is 5.02 Å². The first-order valence-corrected chi connectivity index (χ1v) is 5.39. The lowest BCUT2D eigenvalue weighted by Gasteiger charge is -2.08. The lowest BCUT2D eigenvalue weighted by molar-refractivity contribution is 1.11. The van der Waals surface area contributed by atoms with E-state index in [1.165, 1.54) is 0 Å². The number of benzene rings is 1. The lowest BCUT2D eigenvalue weighted by atomic mass is 10.2. The molecule has 17 heavy (non-hydrogen) atoms. The quantitative estimate of drug-likeness (QED) is 0.773. The van der Waals surface area contributed by atoms with Crippen LogP contribution in [-0.2, 0) is 6.54 Å². The number of aromatic nitrogens is 2. The summed E-state index contributed by atoms with van der Waals surface area (Å²) >= 11 is 5.88. The third kappa shape index (κ3) is 2.98. The van der Waals surface area contributed by atoms with Crippen molar-refractivity contribution in [2.45, 2.75) is 6.54 Å². The minimum Gasteiger partial charge on any atom is -0.382 e. The third-order valence-electron chi connectivity index (χ3n) is 2.21. The van der Waals surface area contributed by atoms with E-state index in [4.69, 9.17) is 23.1 Å². The van der Waals surface area contributed by atoms with Crippen LogP contribution in [0.3, 0.4) is 0 Å². The Hall–Kier alpha value is -2.01. The van der Waals surface area contributed by atoms with Crippen LogP contribution in [0.15, 0.2) is 30.5 Å². The Kier molecular flexibility index (Phi) is 3.30. The van der Waals surface area contributed by atoms with Gasteiger partial charge in [-0.2, -0.15) is 4.98 Å². The molecule has 2 rings (SSSR count). The Balaban J connectivity index is 2.07. The van der Waals surface area contributed by atoms with E-state index in [0.29, 0.717) is 23.1 Å².